The molecule has 178 valence electrons. The summed E-state index contributed by atoms with van der Waals surface area (Å²) in [5.41, 5.74) is 2.88. The fourth-order valence-corrected chi connectivity index (χ4v) is 4.52. The number of hydrogen-bond donors (Lipinski definition) is 3. The zero-order valence-corrected chi connectivity index (χ0v) is 19.8. The van der Waals surface area contributed by atoms with Crippen LogP contribution in [0.1, 0.15) is 18.9 Å². The fourth-order valence-electron chi connectivity index (χ4n) is 3.45. The maximum absolute atomic E-state index is 12.8. The van der Waals surface area contributed by atoms with Gasteiger partial charge in [-0.2, -0.15) is 0 Å². The number of rotatable bonds is 7. The maximum atomic E-state index is 12.8. The third-order valence-corrected chi connectivity index (χ3v) is 6.61. The average Bonchev–Trinajstić information content (AvgIpc) is 3.05. The molecule has 1 atom stereocenters. The number of fused-ring (bicyclic) bond motifs is 1. The summed E-state index contributed by atoms with van der Waals surface area (Å²) < 4.78 is 39.4. The molecule has 3 aromatic carbocycles. The second kappa shape index (κ2) is 10.0. The Morgan fingerprint density at radius 2 is 1.59 bits per heavy atom. The van der Waals surface area contributed by atoms with Crippen molar-refractivity contribution in [1.29, 1.82) is 0 Å². The summed E-state index contributed by atoms with van der Waals surface area (Å²) in [5, 5.41) is 6.00. The Morgan fingerprint density at radius 1 is 0.882 bits per heavy atom. The zero-order valence-electron chi connectivity index (χ0n) is 19.0. The van der Waals surface area contributed by atoms with Crippen molar-refractivity contribution >= 4 is 33.0 Å². The van der Waals surface area contributed by atoms with Gasteiger partial charge in [0.1, 0.15) is 6.04 Å². The van der Waals surface area contributed by atoms with Crippen LogP contribution >= 0.6 is 0 Å². The van der Waals surface area contributed by atoms with Crippen LogP contribution < -0.4 is 24.8 Å². The molecule has 0 saturated carbocycles. The van der Waals surface area contributed by atoms with E-state index in [1.807, 2.05) is 31.2 Å². The first-order valence-corrected chi connectivity index (χ1v) is 12.4. The lowest BCUT2D eigenvalue weighted by atomic mass is 10.2. The highest BCUT2D eigenvalue weighted by atomic mass is 32.2. The lowest BCUT2D eigenvalue weighted by Crippen LogP contribution is -2.31. The highest BCUT2D eigenvalue weighted by Crippen LogP contribution is 2.32. The van der Waals surface area contributed by atoms with Crippen molar-refractivity contribution in [2.24, 2.45) is 0 Å². The smallest absolute Gasteiger partial charge is 0.262 e. The fraction of sp³-hybridized carbons (Fsp3) is 0.240. The van der Waals surface area contributed by atoms with Crippen LogP contribution in [-0.2, 0) is 14.8 Å². The van der Waals surface area contributed by atoms with Gasteiger partial charge in [0.25, 0.3) is 10.0 Å². The molecule has 8 nitrogen and oxygen atoms in total. The maximum Gasteiger partial charge on any atom is 0.262 e. The topological polar surface area (TPSA) is 106 Å². The van der Waals surface area contributed by atoms with Crippen molar-refractivity contribution in [1.82, 2.24) is 0 Å². The summed E-state index contributed by atoms with van der Waals surface area (Å²) in [7, 11) is -3.82. The van der Waals surface area contributed by atoms with Crippen LogP contribution in [0.25, 0.3) is 0 Å². The van der Waals surface area contributed by atoms with Crippen molar-refractivity contribution in [2.75, 3.05) is 28.6 Å². The second-order valence-electron chi connectivity index (χ2n) is 8.07. The van der Waals surface area contributed by atoms with Crippen LogP contribution in [0.4, 0.5) is 17.1 Å². The SMILES string of the molecule is Cc1cccc(NC(=O)[C@@H](C)Nc2ccc(NS(=O)(=O)c3ccc4c(c3)OCCCO4)cc2)c1. The third-order valence-electron chi connectivity index (χ3n) is 5.23. The molecule has 0 unspecified atom stereocenters. The second-order valence-corrected chi connectivity index (χ2v) is 9.75. The Morgan fingerprint density at radius 3 is 2.32 bits per heavy atom. The van der Waals surface area contributed by atoms with Crippen molar-refractivity contribution in [3.05, 3.63) is 72.3 Å². The molecule has 0 aliphatic carbocycles. The van der Waals surface area contributed by atoms with E-state index in [0.29, 0.717) is 36.1 Å². The van der Waals surface area contributed by atoms with E-state index in [1.54, 1.807) is 37.3 Å². The largest absolute Gasteiger partial charge is 0.490 e. The Hall–Kier alpha value is -3.72. The predicted octanol–water partition coefficient (Wildman–Crippen LogP) is 4.40. The van der Waals surface area contributed by atoms with E-state index < -0.39 is 16.1 Å². The number of carbonyl (C=O) groups is 1. The van der Waals surface area contributed by atoms with Gasteiger partial charge >= 0.3 is 0 Å². The summed E-state index contributed by atoms with van der Waals surface area (Å²) in [6.07, 6.45) is 0.738. The quantitative estimate of drug-likeness (QED) is 0.462. The minimum absolute atomic E-state index is 0.0837. The molecule has 4 rings (SSSR count). The van der Waals surface area contributed by atoms with Crippen LogP contribution in [-0.4, -0.2) is 33.6 Å². The van der Waals surface area contributed by atoms with Crippen LogP contribution in [0.3, 0.4) is 0 Å². The number of carbonyl (C=O) groups excluding carboxylic acids is 1. The highest BCUT2D eigenvalue weighted by Gasteiger charge is 2.19. The van der Waals surface area contributed by atoms with Gasteiger partial charge in [0.2, 0.25) is 5.91 Å². The van der Waals surface area contributed by atoms with E-state index in [4.69, 9.17) is 9.47 Å². The molecule has 1 aliphatic heterocycles. The molecule has 1 heterocycles. The Balaban J connectivity index is 1.38. The number of ether oxygens (including phenoxy) is 2. The lowest BCUT2D eigenvalue weighted by Gasteiger charge is -2.16. The Bertz CT molecular complexity index is 1280. The number of anilines is 3. The van der Waals surface area contributed by atoms with Gasteiger partial charge in [-0.05, 0) is 67.9 Å². The molecular formula is C25H27N3O5S. The molecule has 3 N–H and O–H groups in total. The predicted molar refractivity (Wildman–Crippen MR) is 132 cm³/mol. The summed E-state index contributed by atoms with van der Waals surface area (Å²) in [4.78, 5) is 12.6. The Labute approximate surface area is 199 Å². The highest BCUT2D eigenvalue weighted by molar-refractivity contribution is 7.92. The summed E-state index contributed by atoms with van der Waals surface area (Å²) in [5.74, 6) is 0.773. The molecule has 1 amide bonds. The molecule has 0 bridgehead atoms. The third kappa shape index (κ3) is 5.79. The molecule has 0 aromatic heterocycles. The minimum Gasteiger partial charge on any atom is -0.490 e. The van der Waals surface area contributed by atoms with E-state index in [0.717, 1.165) is 17.7 Å². The van der Waals surface area contributed by atoms with Gasteiger partial charge in [0.15, 0.2) is 11.5 Å². The van der Waals surface area contributed by atoms with Crippen LogP contribution in [0, 0.1) is 6.92 Å². The van der Waals surface area contributed by atoms with Crippen molar-refractivity contribution < 1.29 is 22.7 Å². The van der Waals surface area contributed by atoms with Gasteiger partial charge < -0.3 is 20.1 Å². The van der Waals surface area contributed by atoms with E-state index >= 15 is 0 Å². The van der Waals surface area contributed by atoms with Gasteiger partial charge in [-0.15, -0.1) is 0 Å². The molecule has 0 fully saturated rings. The van der Waals surface area contributed by atoms with E-state index in [2.05, 4.69) is 15.4 Å². The molecule has 0 spiro atoms. The lowest BCUT2D eigenvalue weighted by molar-refractivity contribution is -0.116. The van der Waals surface area contributed by atoms with Crippen molar-refractivity contribution in [3.8, 4) is 11.5 Å². The number of benzene rings is 3. The number of amides is 1. The van der Waals surface area contributed by atoms with Crippen molar-refractivity contribution in [3.63, 3.8) is 0 Å². The van der Waals surface area contributed by atoms with E-state index in [1.165, 1.54) is 12.1 Å². The molecule has 0 radical (unpaired) electrons. The number of nitrogens with one attached hydrogen (secondary N) is 3. The van der Waals surface area contributed by atoms with Gasteiger partial charge in [-0.25, -0.2) is 8.42 Å². The average molecular weight is 482 g/mol. The zero-order chi connectivity index (χ0) is 24.1. The van der Waals surface area contributed by atoms with E-state index in [-0.39, 0.29) is 10.8 Å². The molecule has 1 aliphatic rings. The number of aryl methyl sites for hydroxylation is 1. The first-order valence-electron chi connectivity index (χ1n) is 11.0. The first-order chi connectivity index (χ1) is 16.3. The molecular weight excluding hydrogens is 454 g/mol. The van der Waals surface area contributed by atoms with Crippen molar-refractivity contribution in [2.45, 2.75) is 31.2 Å². The summed E-state index contributed by atoms with van der Waals surface area (Å²) >= 11 is 0. The minimum atomic E-state index is -3.82. The van der Waals surface area contributed by atoms with Gasteiger partial charge in [-0.3, -0.25) is 9.52 Å². The van der Waals surface area contributed by atoms with Crippen LogP contribution in [0.15, 0.2) is 71.6 Å². The molecule has 0 saturated heterocycles. The van der Waals surface area contributed by atoms with E-state index in [9.17, 15) is 13.2 Å². The number of sulfonamides is 1. The monoisotopic (exact) mass is 481 g/mol. The Kier molecular flexibility index (Phi) is 6.93. The standard InChI is InChI=1S/C25H27N3O5S/c1-17-5-3-6-21(15-17)27-25(29)18(2)26-19-7-9-20(10-8-19)28-34(30,31)22-11-12-23-24(16-22)33-14-4-13-32-23/h3,5-12,15-16,18,26,28H,4,13-14H2,1-2H3,(H,27,29)/t18-/m1/s1. The molecule has 9 heteroatoms. The molecule has 34 heavy (non-hydrogen) atoms. The van der Waals surface area contributed by atoms with Gasteiger partial charge in [0, 0.05) is 29.5 Å². The summed E-state index contributed by atoms with van der Waals surface area (Å²) in [6.45, 7) is 4.72. The first kappa shape index (κ1) is 23.4. The normalized spacial score (nSPS) is 13.9. The van der Waals surface area contributed by atoms with Gasteiger partial charge in [-0.1, -0.05) is 12.1 Å². The van der Waals surface area contributed by atoms with Crippen LogP contribution in [0.2, 0.25) is 0 Å². The van der Waals surface area contributed by atoms with Gasteiger partial charge in [0.05, 0.1) is 18.1 Å². The molecule has 3 aromatic rings. The summed E-state index contributed by atoms with van der Waals surface area (Å²) in [6, 6.07) is 18.3. The number of hydrogen-bond acceptors (Lipinski definition) is 6. The van der Waals surface area contributed by atoms with Crippen LogP contribution in [0.5, 0.6) is 11.5 Å².